The van der Waals surface area contributed by atoms with E-state index < -0.39 is 5.41 Å². The molecule has 0 bridgehead atoms. The summed E-state index contributed by atoms with van der Waals surface area (Å²) in [5.74, 6) is 0.249. The number of phenols is 1. The number of phenolic OH excluding ortho intramolecular Hbond substituents is 1. The molecule has 0 radical (unpaired) electrons. The summed E-state index contributed by atoms with van der Waals surface area (Å²) in [4.78, 5) is 3.30. The Hall–Kier alpha value is -1.95. The first kappa shape index (κ1) is 10.2. The summed E-state index contributed by atoms with van der Waals surface area (Å²) in [7, 11) is 0. The van der Waals surface area contributed by atoms with Gasteiger partial charge in [-0.15, -0.1) is 0 Å². The summed E-state index contributed by atoms with van der Waals surface area (Å²) in [5.41, 5.74) is 3.60. The van der Waals surface area contributed by atoms with E-state index in [0.717, 1.165) is 40.6 Å². The molecule has 2 N–H and O–H groups in total. The van der Waals surface area contributed by atoms with Gasteiger partial charge in [-0.1, -0.05) is 0 Å². The molecule has 0 amide bonds. The highest BCUT2D eigenvalue weighted by Gasteiger charge is 2.48. The second-order valence-corrected chi connectivity index (χ2v) is 4.95. The van der Waals surface area contributed by atoms with Gasteiger partial charge in [-0.3, -0.25) is 0 Å². The zero-order valence-electron chi connectivity index (χ0n) is 9.96. The molecule has 0 unspecified atom stereocenters. The molecule has 0 spiro atoms. The van der Waals surface area contributed by atoms with E-state index in [4.69, 9.17) is 0 Å². The van der Waals surface area contributed by atoms with Gasteiger partial charge in [0.25, 0.3) is 0 Å². The van der Waals surface area contributed by atoms with Crippen LogP contribution in [0.25, 0.3) is 10.9 Å². The normalized spacial score (nSPS) is 17.0. The fourth-order valence-corrected chi connectivity index (χ4v) is 2.60. The summed E-state index contributed by atoms with van der Waals surface area (Å²) in [6, 6.07) is 5.93. The molecule has 86 valence electrons. The van der Waals surface area contributed by atoms with Crippen molar-refractivity contribution in [2.45, 2.75) is 32.1 Å². The molecule has 3 nitrogen and oxygen atoms in total. The Morgan fingerprint density at radius 2 is 2.06 bits per heavy atom. The van der Waals surface area contributed by atoms with Crippen LogP contribution in [0.2, 0.25) is 0 Å². The number of hydrogen-bond donors (Lipinski definition) is 2. The molecule has 1 aromatic carbocycles. The molecule has 0 saturated heterocycles. The smallest absolute Gasteiger partial charge is 0.121 e. The van der Waals surface area contributed by atoms with Crippen molar-refractivity contribution in [1.29, 1.82) is 5.26 Å². The largest absolute Gasteiger partial charge is 0.508 e. The Morgan fingerprint density at radius 1 is 1.35 bits per heavy atom. The molecule has 1 saturated carbocycles. The average Bonchev–Trinajstić information content (AvgIpc) is 3.05. The van der Waals surface area contributed by atoms with Gasteiger partial charge in [-0.25, -0.2) is 0 Å². The van der Waals surface area contributed by atoms with Gasteiger partial charge in [0.2, 0.25) is 0 Å². The van der Waals surface area contributed by atoms with E-state index in [2.05, 4.69) is 11.1 Å². The first-order chi connectivity index (χ1) is 8.09. The number of H-pyrrole nitrogens is 1. The number of aromatic amines is 1. The zero-order valence-corrected chi connectivity index (χ0v) is 9.96. The minimum absolute atomic E-state index is 0.249. The lowest BCUT2D eigenvalue weighted by atomic mass is 9.91. The molecule has 1 aliphatic rings. The monoisotopic (exact) mass is 226 g/mol. The van der Waals surface area contributed by atoms with Gasteiger partial charge in [0.1, 0.15) is 5.75 Å². The Balaban J connectivity index is 2.44. The third-order valence-electron chi connectivity index (χ3n) is 3.89. The quantitative estimate of drug-likeness (QED) is 0.785. The number of aromatic nitrogens is 1. The zero-order chi connectivity index (χ0) is 12.2. The van der Waals surface area contributed by atoms with E-state index in [0.29, 0.717) is 0 Å². The molecule has 3 rings (SSSR count). The number of nitriles is 1. The third kappa shape index (κ3) is 1.21. The molecule has 3 heteroatoms. The maximum absolute atomic E-state index is 10.1. The molecule has 1 aliphatic carbocycles. The fourth-order valence-electron chi connectivity index (χ4n) is 2.60. The molecule has 1 aromatic heterocycles. The second kappa shape index (κ2) is 3.04. The lowest BCUT2D eigenvalue weighted by Gasteiger charge is -2.11. The minimum Gasteiger partial charge on any atom is -0.508 e. The number of rotatable bonds is 1. The van der Waals surface area contributed by atoms with Crippen molar-refractivity contribution in [3.8, 4) is 11.8 Å². The van der Waals surface area contributed by atoms with Crippen LogP contribution in [0, 0.1) is 25.2 Å². The molecule has 1 heterocycles. The maximum atomic E-state index is 10.1. The van der Waals surface area contributed by atoms with Gasteiger partial charge in [0.15, 0.2) is 0 Å². The summed E-state index contributed by atoms with van der Waals surface area (Å²) >= 11 is 0. The molecule has 1 fully saturated rings. The van der Waals surface area contributed by atoms with Crippen molar-refractivity contribution < 1.29 is 5.11 Å². The van der Waals surface area contributed by atoms with E-state index in [1.165, 1.54) is 0 Å². The van der Waals surface area contributed by atoms with Crippen LogP contribution < -0.4 is 0 Å². The Bertz CT molecular complexity index is 657. The van der Waals surface area contributed by atoms with Crippen molar-refractivity contribution in [3.05, 3.63) is 29.0 Å². The lowest BCUT2D eigenvalue weighted by molar-refractivity contribution is 0.466. The summed E-state index contributed by atoms with van der Waals surface area (Å²) in [6.45, 7) is 4.05. The Kier molecular flexibility index (Phi) is 1.83. The molecule has 17 heavy (non-hydrogen) atoms. The van der Waals surface area contributed by atoms with E-state index in [1.807, 2.05) is 19.9 Å². The standard InChI is InChI=1S/C14H14N2O/c1-8-9(2)16-10-3-4-11(17)13(12(8)10)14(7-15)5-6-14/h3-4,16-17H,5-6H2,1-2H3. The highest BCUT2D eigenvalue weighted by atomic mass is 16.3. The fraction of sp³-hybridized carbons (Fsp3) is 0.357. The highest BCUT2D eigenvalue weighted by Crippen LogP contribution is 2.53. The average molecular weight is 226 g/mol. The van der Waals surface area contributed by atoms with E-state index in [1.54, 1.807) is 6.07 Å². The van der Waals surface area contributed by atoms with Crippen molar-refractivity contribution in [3.63, 3.8) is 0 Å². The predicted octanol–water partition coefficient (Wildman–Crippen LogP) is 3.05. The lowest BCUT2D eigenvalue weighted by Crippen LogP contribution is -2.04. The molecular weight excluding hydrogens is 212 g/mol. The second-order valence-electron chi connectivity index (χ2n) is 4.95. The number of aromatic hydroxyl groups is 1. The van der Waals surface area contributed by atoms with Crippen molar-refractivity contribution in [2.24, 2.45) is 0 Å². The Morgan fingerprint density at radius 3 is 2.65 bits per heavy atom. The van der Waals surface area contributed by atoms with Crippen LogP contribution in [0.3, 0.4) is 0 Å². The number of fused-ring (bicyclic) bond motifs is 1. The van der Waals surface area contributed by atoms with Crippen LogP contribution in [0.4, 0.5) is 0 Å². The molecule has 2 aromatic rings. The topological polar surface area (TPSA) is 59.8 Å². The van der Waals surface area contributed by atoms with Gasteiger partial charge in [-0.05, 0) is 44.4 Å². The summed E-state index contributed by atoms with van der Waals surface area (Å²) < 4.78 is 0. The Labute approximate surface area is 99.7 Å². The molecular formula is C14H14N2O. The third-order valence-corrected chi connectivity index (χ3v) is 3.89. The maximum Gasteiger partial charge on any atom is 0.121 e. The van der Waals surface area contributed by atoms with Crippen molar-refractivity contribution in [2.75, 3.05) is 0 Å². The van der Waals surface area contributed by atoms with Gasteiger partial charge in [0, 0.05) is 22.2 Å². The van der Waals surface area contributed by atoms with Crippen LogP contribution in [0.5, 0.6) is 5.75 Å². The minimum atomic E-state index is -0.455. The summed E-state index contributed by atoms with van der Waals surface area (Å²) in [5, 5.41) is 20.4. The van der Waals surface area contributed by atoms with Crippen LogP contribution in [-0.2, 0) is 5.41 Å². The number of aryl methyl sites for hydroxylation is 2. The van der Waals surface area contributed by atoms with Crippen molar-refractivity contribution >= 4 is 10.9 Å². The molecule has 0 aliphatic heterocycles. The van der Waals surface area contributed by atoms with Gasteiger partial charge < -0.3 is 10.1 Å². The number of benzene rings is 1. The predicted molar refractivity (Wildman–Crippen MR) is 66.0 cm³/mol. The van der Waals surface area contributed by atoms with Crippen LogP contribution >= 0.6 is 0 Å². The first-order valence-electron chi connectivity index (χ1n) is 5.82. The number of nitrogens with zero attached hydrogens (tertiary/aromatic N) is 1. The summed E-state index contributed by atoms with van der Waals surface area (Å²) in [6.07, 6.45) is 1.69. The van der Waals surface area contributed by atoms with Gasteiger partial charge in [-0.2, -0.15) is 5.26 Å². The number of hydrogen-bond acceptors (Lipinski definition) is 2. The molecule has 0 atom stereocenters. The first-order valence-corrected chi connectivity index (χ1v) is 5.82. The van der Waals surface area contributed by atoms with Crippen LogP contribution in [0.15, 0.2) is 12.1 Å². The van der Waals surface area contributed by atoms with Crippen LogP contribution in [0.1, 0.15) is 29.7 Å². The van der Waals surface area contributed by atoms with E-state index in [9.17, 15) is 10.4 Å². The SMILES string of the molecule is Cc1[nH]c2ccc(O)c(C3(C#N)CC3)c2c1C. The van der Waals surface area contributed by atoms with E-state index in [-0.39, 0.29) is 5.75 Å². The van der Waals surface area contributed by atoms with Gasteiger partial charge >= 0.3 is 0 Å². The van der Waals surface area contributed by atoms with E-state index >= 15 is 0 Å². The number of nitrogens with one attached hydrogen (secondary N) is 1. The van der Waals surface area contributed by atoms with Crippen LogP contribution in [-0.4, -0.2) is 10.1 Å². The van der Waals surface area contributed by atoms with Gasteiger partial charge in [0.05, 0.1) is 11.5 Å². The van der Waals surface area contributed by atoms with Crippen molar-refractivity contribution in [1.82, 2.24) is 4.98 Å². The highest BCUT2D eigenvalue weighted by molar-refractivity contribution is 5.91.